The maximum Gasteiger partial charge on any atom is 0.437 e. The minimum Gasteiger partial charge on any atom is -0.438 e. The van der Waals surface area contributed by atoms with Crippen molar-refractivity contribution in [2.24, 2.45) is 28.9 Å². The van der Waals surface area contributed by atoms with Gasteiger partial charge in [0.25, 0.3) is 5.60 Å². The summed E-state index contributed by atoms with van der Waals surface area (Å²) in [6, 6.07) is 0. The zero-order valence-corrected chi connectivity index (χ0v) is 20.4. The lowest BCUT2D eigenvalue weighted by atomic mass is 9.66. The summed E-state index contributed by atoms with van der Waals surface area (Å²) in [6.45, 7) is 6.28. The number of hydrogen-bond donors (Lipinski definition) is 2. The fourth-order valence-electron chi connectivity index (χ4n) is 5.00. The molecule has 37 heavy (non-hydrogen) atoms. The maximum atomic E-state index is 14.2. The second-order valence-electron chi connectivity index (χ2n) is 10.7. The Balaban J connectivity index is 3.61. The average Bonchev–Trinajstić information content (AvgIpc) is 2.65. The highest BCUT2D eigenvalue weighted by molar-refractivity contribution is 5.82. The molecule has 1 fully saturated rings. The fraction of sp³-hybridized carbons (Fsp3) is 0.952. The van der Waals surface area contributed by atoms with Crippen molar-refractivity contribution in [3.8, 4) is 0 Å². The third-order valence-electron chi connectivity index (χ3n) is 7.34. The van der Waals surface area contributed by atoms with Gasteiger partial charge in [0.1, 0.15) is 5.54 Å². The largest absolute Gasteiger partial charge is 0.438 e. The molecule has 1 aliphatic rings. The Kier molecular flexibility index (Phi) is 8.74. The summed E-state index contributed by atoms with van der Waals surface area (Å²) in [5.74, 6) is -8.75. The topological polar surface area (TPSA) is 72.6 Å². The molecule has 0 aromatic rings. The normalized spacial score (nSPS) is 23.1. The number of ether oxygens (including phenoxy) is 1. The van der Waals surface area contributed by atoms with Gasteiger partial charge in [-0.05, 0) is 37.0 Å². The molecule has 0 saturated heterocycles. The fourth-order valence-corrected chi connectivity index (χ4v) is 5.00. The van der Waals surface area contributed by atoms with Crippen LogP contribution in [-0.2, 0) is 9.53 Å². The van der Waals surface area contributed by atoms with E-state index < -0.39 is 96.3 Å². The van der Waals surface area contributed by atoms with Crippen LogP contribution in [-0.4, -0.2) is 52.5 Å². The lowest BCUT2D eigenvalue weighted by Crippen LogP contribution is -2.70. The Hall–Kier alpha value is -1.45. The van der Waals surface area contributed by atoms with Gasteiger partial charge in [-0.2, -0.15) is 52.7 Å². The molecule has 0 heterocycles. The number of carbonyl (C=O) groups excluding carboxylic acids is 1. The zero-order valence-electron chi connectivity index (χ0n) is 20.4. The summed E-state index contributed by atoms with van der Waals surface area (Å²) in [5, 5.41) is 9.52. The Morgan fingerprint density at radius 2 is 1.05 bits per heavy atom. The summed E-state index contributed by atoms with van der Waals surface area (Å²) in [4.78, 5) is 12.9. The smallest absolute Gasteiger partial charge is 0.437 e. The van der Waals surface area contributed by atoms with Crippen LogP contribution < -0.4 is 5.73 Å². The molecule has 0 bridgehead atoms. The van der Waals surface area contributed by atoms with Gasteiger partial charge in [-0.3, -0.25) is 0 Å². The highest BCUT2D eigenvalue weighted by Gasteiger charge is 2.79. The van der Waals surface area contributed by atoms with Gasteiger partial charge < -0.3 is 15.6 Å². The first kappa shape index (κ1) is 33.6. The van der Waals surface area contributed by atoms with Gasteiger partial charge >= 0.3 is 36.3 Å². The van der Waals surface area contributed by atoms with Gasteiger partial charge in [0.2, 0.25) is 0 Å². The third-order valence-corrected chi connectivity index (χ3v) is 7.34. The Bertz CT molecular complexity index is 787. The van der Waals surface area contributed by atoms with Crippen molar-refractivity contribution in [1.82, 2.24) is 0 Å². The van der Waals surface area contributed by atoms with E-state index in [0.717, 1.165) is 0 Å². The second-order valence-corrected chi connectivity index (χ2v) is 10.7. The molecule has 1 atom stereocenters. The van der Waals surface area contributed by atoms with Crippen molar-refractivity contribution in [3.63, 3.8) is 0 Å². The minimum absolute atomic E-state index is 1.05. The molecular weight excluding hydrogens is 542 g/mol. The molecule has 0 amide bonds. The number of rotatable bonds is 5. The van der Waals surface area contributed by atoms with Gasteiger partial charge in [-0.25, -0.2) is 4.79 Å². The van der Waals surface area contributed by atoms with Crippen molar-refractivity contribution in [1.29, 1.82) is 0 Å². The molecule has 0 aliphatic heterocycles. The van der Waals surface area contributed by atoms with Gasteiger partial charge in [0.05, 0.1) is 0 Å². The van der Waals surface area contributed by atoms with Gasteiger partial charge in [0, 0.05) is 11.8 Å². The first-order chi connectivity index (χ1) is 16.0. The van der Waals surface area contributed by atoms with Crippen LogP contribution >= 0.6 is 0 Å². The van der Waals surface area contributed by atoms with E-state index in [4.69, 9.17) is 5.73 Å². The van der Waals surface area contributed by atoms with Crippen LogP contribution in [0, 0.1) is 23.2 Å². The van der Waals surface area contributed by atoms with E-state index in [0.29, 0.717) is 0 Å². The lowest BCUT2D eigenvalue weighted by molar-refractivity contribution is -0.400. The Morgan fingerprint density at radius 1 is 0.730 bits per heavy atom. The number of nitrogens with two attached hydrogens (primary N) is 1. The first-order valence-corrected chi connectivity index (χ1v) is 11.0. The predicted octanol–water partition coefficient (Wildman–Crippen LogP) is 6.45. The molecule has 16 heteroatoms. The molecule has 0 spiro atoms. The molecule has 0 radical (unpaired) electrons. The van der Waals surface area contributed by atoms with E-state index in [2.05, 4.69) is 4.74 Å². The molecule has 1 unspecified atom stereocenters. The minimum atomic E-state index is -6.38. The van der Waals surface area contributed by atoms with Crippen molar-refractivity contribution < 1.29 is 67.3 Å². The molecular formula is C21H29F12NO3. The molecule has 1 saturated carbocycles. The van der Waals surface area contributed by atoms with Crippen molar-refractivity contribution in [2.75, 3.05) is 0 Å². The molecule has 220 valence electrons. The van der Waals surface area contributed by atoms with Crippen LogP contribution in [0.25, 0.3) is 0 Å². The summed E-state index contributed by atoms with van der Waals surface area (Å²) in [5.41, 5.74) is -8.51. The number of aliphatic hydroxyl groups is 1. The number of carbonyl (C=O) groups is 1. The summed E-state index contributed by atoms with van der Waals surface area (Å²) >= 11 is 0. The van der Waals surface area contributed by atoms with Crippen LogP contribution in [0.5, 0.6) is 0 Å². The third kappa shape index (κ3) is 5.37. The van der Waals surface area contributed by atoms with Crippen LogP contribution in [0.4, 0.5) is 52.7 Å². The molecule has 1 rings (SSSR count). The number of esters is 1. The summed E-state index contributed by atoms with van der Waals surface area (Å²) < 4.78 is 168. The summed E-state index contributed by atoms with van der Waals surface area (Å²) in [6.07, 6.45) is -31.5. The van der Waals surface area contributed by atoms with E-state index in [-0.39, 0.29) is 0 Å². The monoisotopic (exact) mass is 571 g/mol. The maximum absolute atomic E-state index is 14.2. The van der Waals surface area contributed by atoms with E-state index in [1.807, 2.05) is 0 Å². The second kappa shape index (κ2) is 9.63. The average molecular weight is 571 g/mol. The first-order valence-electron chi connectivity index (χ1n) is 11.0. The van der Waals surface area contributed by atoms with Crippen LogP contribution in [0.3, 0.4) is 0 Å². The van der Waals surface area contributed by atoms with Crippen LogP contribution in [0.1, 0.15) is 60.3 Å². The number of hydrogen-bond acceptors (Lipinski definition) is 4. The highest BCUT2D eigenvalue weighted by atomic mass is 19.4. The molecule has 1 aliphatic carbocycles. The number of halogens is 12. The van der Waals surface area contributed by atoms with Gasteiger partial charge in [0.15, 0.2) is 0 Å². The quantitative estimate of drug-likeness (QED) is 0.294. The van der Waals surface area contributed by atoms with Crippen molar-refractivity contribution in [2.45, 2.75) is 102 Å². The summed E-state index contributed by atoms with van der Waals surface area (Å²) in [7, 11) is 0. The number of alkyl halides is 12. The Labute approximate surface area is 204 Å². The standard InChI is InChI=1S/C21H29F12NO3/c1-10(2)15(34,14(3,4)5)13(35)37-17(20(28,29)30,21(31,32)33)12-8-6-11(7-9-12)16(36,18(22,23)24)19(25,26)27/h10-12,36H,6-9,34H2,1-5H3. The van der Waals surface area contributed by atoms with E-state index >= 15 is 0 Å². The molecule has 0 aromatic carbocycles. The van der Waals surface area contributed by atoms with Crippen LogP contribution in [0.15, 0.2) is 0 Å². The highest BCUT2D eigenvalue weighted by Crippen LogP contribution is 2.58. The zero-order chi connectivity index (χ0) is 29.8. The van der Waals surface area contributed by atoms with Gasteiger partial charge in [-0.15, -0.1) is 0 Å². The van der Waals surface area contributed by atoms with E-state index in [1.165, 1.54) is 34.6 Å². The van der Waals surface area contributed by atoms with E-state index in [9.17, 15) is 62.6 Å². The van der Waals surface area contributed by atoms with Crippen LogP contribution in [0.2, 0.25) is 0 Å². The SMILES string of the molecule is CC(C)C(N)(C(=O)OC(C1CCC(C(O)(C(F)(F)F)C(F)(F)F)CC1)(C(F)(F)F)C(F)(F)F)C(C)(C)C. The van der Waals surface area contributed by atoms with Crippen molar-refractivity contribution in [3.05, 3.63) is 0 Å². The van der Waals surface area contributed by atoms with E-state index in [1.54, 1.807) is 0 Å². The van der Waals surface area contributed by atoms with Gasteiger partial charge in [-0.1, -0.05) is 34.6 Å². The molecule has 4 nitrogen and oxygen atoms in total. The lowest BCUT2D eigenvalue weighted by Gasteiger charge is -2.49. The predicted molar refractivity (Wildman–Crippen MR) is 105 cm³/mol. The molecule has 3 N–H and O–H groups in total. The van der Waals surface area contributed by atoms with Crippen molar-refractivity contribution >= 4 is 5.97 Å². The Morgan fingerprint density at radius 3 is 1.30 bits per heavy atom. The molecule has 0 aromatic heterocycles.